The van der Waals surface area contributed by atoms with Crippen LogP contribution in [0, 0.1) is 0 Å². The number of carbonyl (C=O) groups is 2. The molecule has 0 bridgehead atoms. The third kappa shape index (κ3) is 5.11. The number of rotatable bonds is 6. The number of primary amides is 1. The smallest absolute Gasteiger partial charge is 0.250 e. The number of hydrogen-bond donors (Lipinski definition) is 2. The molecule has 0 aliphatic rings. The third-order valence-corrected chi connectivity index (χ3v) is 4.98. The van der Waals surface area contributed by atoms with Gasteiger partial charge in [0.1, 0.15) is 0 Å². The number of benzene rings is 2. The first-order valence-corrected chi connectivity index (χ1v) is 8.87. The van der Waals surface area contributed by atoms with Crippen molar-refractivity contribution >= 4 is 45.2 Å². The van der Waals surface area contributed by atoms with Crippen molar-refractivity contribution in [2.45, 2.75) is 17.9 Å². The Morgan fingerprint density at radius 3 is 2.48 bits per heavy atom. The van der Waals surface area contributed by atoms with E-state index in [9.17, 15) is 9.59 Å². The molecule has 0 saturated carbocycles. The fourth-order valence-corrected chi connectivity index (χ4v) is 3.03. The predicted octanol–water partition coefficient (Wildman–Crippen LogP) is 3.81. The maximum absolute atomic E-state index is 12.3. The van der Waals surface area contributed by atoms with Crippen LogP contribution in [-0.2, 0) is 10.5 Å². The van der Waals surface area contributed by atoms with Gasteiger partial charge in [-0.15, -0.1) is 11.8 Å². The van der Waals surface area contributed by atoms with Crippen LogP contribution in [-0.4, -0.2) is 17.1 Å². The summed E-state index contributed by atoms with van der Waals surface area (Å²) >= 11 is 4.93. The average Bonchev–Trinajstić information content (AvgIpc) is 2.54. The summed E-state index contributed by atoms with van der Waals surface area (Å²) in [6.45, 7) is 1.84. The zero-order valence-electron chi connectivity index (χ0n) is 12.6. The number of para-hydroxylation sites is 1. The number of thioether (sulfide) groups is 1. The molecule has 0 heterocycles. The van der Waals surface area contributed by atoms with Crippen molar-refractivity contribution < 1.29 is 9.59 Å². The second-order valence-corrected chi connectivity index (χ2v) is 7.22. The monoisotopic (exact) mass is 392 g/mol. The molecular formula is C17H17BrN2O2S. The lowest BCUT2D eigenvalue weighted by molar-refractivity contribution is -0.115. The van der Waals surface area contributed by atoms with Gasteiger partial charge in [0.25, 0.3) is 5.91 Å². The molecule has 6 heteroatoms. The van der Waals surface area contributed by atoms with Crippen molar-refractivity contribution in [3.63, 3.8) is 0 Å². The molecule has 120 valence electrons. The minimum atomic E-state index is -0.559. The van der Waals surface area contributed by atoms with Crippen LogP contribution in [0.15, 0.2) is 53.0 Å². The fourth-order valence-electron chi connectivity index (χ4n) is 1.92. The maximum Gasteiger partial charge on any atom is 0.250 e. The van der Waals surface area contributed by atoms with E-state index in [2.05, 4.69) is 21.2 Å². The van der Waals surface area contributed by atoms with E-state index in [0.29, 0.717) is 11.3 Å². The summed E-state index contributed by atoms with van der Waals surface area (Å²) in [6.07, 6.45) is 0. The highest BCUT2D eigenvalue weighted by atomic mass is 79.9. The number of nitrogens with two attached hydrogens (primary N) is 1. The normalized spacial score (nSPS) is 11.7. The fraction of sp³-hybridized carbons (Fsp3) is 0.176. The van der Waals surface area contributed by atoms with Gasteiger partial charge in [-0.05, 0) is 36.8 Å². The molecule has 2 rings (SSSR count). The van der Waals surface area contributed by atoms with E-state index in [1.807, 2.05) is 31.2 Å². The lowest BCUT2D eigenvalue weighted by Gasteiger charge is -2.13. The van der Waals surface area contributed by atoms with E-state index in [1.165, 1.54) is 11.8 Å². The first kappa shape index (κ1) is 17.6. The SMILES string of the molecule is CC(SCc1ccc(Br)cc1)C(=O)Nc1ccccc1C(N)=O. The van der Waals surface area contributed by atoms with E-state index in [0.717, 1.165) is 15.8 Å². The summed E-state index contributed by atoms with van der Waals surface area (Å²) in [7, 11) is 0. The van der Waals surface area contributed by atoms with Crippen LogP contribution in [0.2, 0.25) is 0 Å². The van der Waals surface area contributed by atoms with Crippen molar-refractivity contribution in [1.29, 1.82) is 0 Å². The van der Waals surface area contributed by atoms with Crippen LogP contribution in [0.3, 0.4) is 0 Å². The van der Waals surface area contributed by atoms with Gasteiger partial charge in [0.05, 0.1) is 16.5 Å². The van der Waals surface area contributed by atoms with Crippen LogP contribution in [0.25, 0.3) is 0 Å². The van der Waals surface area contributed by atoms with E-state index < -0.39 is 5.91 Å². The van der Waals surface area contributed by atoms with Gasteiger partial charge < -0.3 is 11.1 Å². The molecule has 0 aliphatic heterocycles. The quantitative estimate of drug-likeness (QED) is 0.784. The maximum atomic E-state index is 12.3. The summed E-state index contributed by atoms with van der Waals surface area (Å²) in [5, 5.41) is 2.52. The Kier molecular flexibility index (Phi) is 6.24. The highest BCUT2D eigenvalue weighted by molar-refractivity contribution is 9.10. The van der Waals surface area contributed by atoms with E-state index in [1.54, 1.807) is 24.3 Å². The molecule has 2 amide bonds. The van der Waals surface area contributed by atoms with Crippen LogP contribution >= 0.6 is 27.7 Å². The van der Waals surface area contributed by atoms with Crippen LogP contribution in [0.1, 0.15) is 22.8 Å². The molecule has 23 heavy (non-hydrogen) atoms. The second kappa shape index (κ2) is 8.17. The van der Waals surface area contributed by atoms with Gasteiger partial charge in [-0.3, -0.25) is 9.59 Å². The molecule has 1 atom stereocenters. The number of anilines is 1. The molecule has 0 spiro atoms. The molecule has 2 aromatic carbocycles. The topological polar surface area (TPSA) is 72.2 Å². The number of amides is 2. The molecule has 0 fully saturated rings. The van der Waals surface area contributed by atoms with Crippen molar-refractivity contribution in [3.8, 4) is 0 Å². The summed E-state index contributed by atoms with van der Waals surface area (Å²) in [5.41, 5.74) is 7.22. The zero-order valence-corrected chi connectivity index (χ0v) is 15.0. The average molecular weight is 393 g/mol. The first-order valence-electron chi connectivity index (χ1n) is 7.03. The minimum absolute atomic E-state index is 0.152. The zero-order chi connectivity index (χ0) is 16.8. The van der Waals surface area contributed by atoms with Crippen LogP contribution in [0.5, 0.6) is 0 Å². The minimum Gasteiger partial charge on any atom is -0.366 e. The van der Waals surface area contributed by atoms with Gasteiger partial charge >= 0.3 is 0 Å². The Labute approximate surface area is 148 Å². The van der Waals surface area contributed by atoms with E-state index in [-0.39, 0.29) is 11.2 Å². The molecule has 3 N–H and O–H groups in total. The van der Waals surface area contributed by atoms with Crippen molar-refractivity contribution in [2.75, 3.05) is 5.32 Å². The van der Waals surface area contributed by atoms with Gasteiger partial charge in [0.2, 0.25) is 5.91 Å². The summed E-state index contributed by atoms with van der Waals surface area (Å²) in [4.78, 5) is 23.6. The second-order valence-electron chi connectivity index (χ2n) is 4.98. The Balaban J connectivity index is 1.95. The van der Waals surface area contributed by atoms with Crippen molar-refractivity contribution in [1.82, 2.24) is 0 Å². The van der Waals surface area contributed by atoms with Crippen LogP contribution < -0.4 is 11.1 Å². The molecule has 0 aromatic heterocycles. The Bertz CT molecular complexity index is 704. The van der Waals surface area contributed by atoms with Crippen molar-refractivity contribution in [2.24, 2.45) is 5.73 Å². The molecule has 0 saturated heterocycles. The van der Waals surface area contributed by atoms with Gasteiger partial charge in [-0.25, -0.2) is 0 Å². The standard InChI is InChI=1S/C17H17BrN2O2S/c1-11(23-10-12-6-8-13(18)9-7-12)17(22)20-15-5-3-2-4-14(15)16(19)21/h2-9,11H,10H2,1H3,(H2,19,21)(H,20,22). The third-order valence-electron chi connectivity index (χ3n) is 3.23. The van der Waals surface area contributed by atoms with Gasteiger partial charge in [0, 0.05) is 10.2 Å². The van der Waals surface area contributed by atoms with Gasteiger partial charge in [-0.1, -0.05) is 40.2 Å². The largest absolute Gasteiger partial charge is 0.366 e. The summed E-state index contributed by atoms with van der Waals surface area (Å²) < 4.78 is 1.03. The van der Waals surface area contributed by atoms with Crippen LogP contribution in [0.4, 0.5) is 5.69 Å². The molecule has 4 nitrogen and oxygen atoms in total. The summed E-state index contributed by atoms with van der Waals surface area (Å²) in [6, 6.07) is 14.7. The van der Waals surface area contributed by atoms with E-state index >= 15 is 0 Å². The molecule has 0 radical (unpaired) electrons. The Morgan fingerprint density at radius 1 is 1.17 bits per heavy atom. The summed E-state index contributed by atoms with van der Waals surface area (Å²) in [5.74, 6) is 0.0242. The number of carbonyl (C=O) groups excluding carboxylic acids is 2. The number of hydrogen-bond acceptors (Lipinski definition) is 3. The van der Waals surface area contributed by atoms with E-state index in [4.69, 9.17) is 5.73 Å². The van der Waals surface area contributed by atoms with Crippen molar-refractivity contribution in [3.05, 3.63) is 64.1 Å². The Hall–Kier alpha value is -1.79. The molecule has 1 unspecified atom stereocenters. The molecule has 2 aromatic rings. The highest BCUT2D eigenvalue weighted by Gasteiger charge is 2.16. The highest BCUT2D eigenvalue weighted by Crippen LogP contribution is 2.22. The predicted molar refractivity (Wildman–Crippen MR) is 98.5 cm³/mol. The molecular weight excluding hydrogens is 376 g/mol. The Morgan fingerprint density at radius 2 is 1.83 bits per heavy atom. The lowest BCUT2D eigenvalue weighted by Crippen LogP contribution is -2.24. The van der Waals surface area contributed by atoms with Gasteiger partial charge in [0.15, 0.2) is 0 Å². The number of nitrogens with one attached hydrogen (secondary N) is 1. The number of halogens is 1. The molecule has 0 aliphatic carbocycles. The lowest BCUT2D eigenvalue weighted by atomic mass is 10.1. The first-order chi connectivity index (χ1) is 11.0. The van der Waals surface area contributed by atoms with Gasteiger partial charge in [-0.2, -0.15) is 0 Å².